The van der Waals surface area contributed by atoms with Gasteiger partial charge in [-0.15, -0.1) is 0 Å². The van der Waals surface area contributed by atoms with Crippen LogP contribution in [0.3, 0.4) is 0 Å². The van der Waals surface area contributed by atoms with E-state index in [-0.39, 0.29) is 29.6 Å². The van der Waals surface area contributed by atoms with Gasteiger partial charge in [-0.25, -0.2) is 4.39 Å². The second kappa shape index (κ2) is 4.69. The van der Waals surface area contributed by atoms with Crippen molar-refractivity contribution in [2.24, 2.45) is 11.7 Å². The summed E-state index contributed by atoms with van der Waals surface area (Å²) in [4.78, 5) is 22.8. The van der Waals surface area contributed by atoms with E-state index < -0.39 is 10.7 Å². The molecule has 1 aliphatic rings. The number of carbonyl (C=O) groups is 1. The van der Waals surface area contributed by atoms with E-state index in [9.17, 15) is 19.3 Å². The Kier molecular flexibility index (Phi) is 3.24. The van der Waals surface area contributed by atoms with E-state index >= 15 is 0 Å². The lowest BCUT2D eigenvalue weighted by Crippen LogP contribution is -2.26. The van der Waals surface area contributed by atoms with Crippen LogP contribution in [0.1, 0.15) is 6.42 Å². The molecule has 1 fully saturated rings. The Morgan fingerprint density at radius 2 is 2.28 bits per heavy atom. The van der Waals surface area contributed by atoms with Gasteiger partial charge in [-0.2, -0.15) is 0 Å². The minimum absolute atomic E-state index is 0.00657. The standard InChI is InChI=1S/C11H12FN3O3/c12-9-4-8(15(17)18)1-2-10(9)14-6-7(5-13)3-11(14)16/h1-2,4,7H,3,5-6,13H2. The van der Waals surface area contributed by atoms with Gasteiger partial charge in [0.2, 0.25) is 5.91 Å². The van der Waals surface area contributed by atoms with Crippen molar-refractivity contribution in [1.82, 2.24) is 0 Å². The van der Waals surface area contributed by atoms with Gasteiger partial charge in [0.25, 0.3) is 5.69 Å². The zero-order chi connectivity index (χ0) is 13.3. The number of benzene rings is 1. The van der Waals surface area contributed by atoms with Crippen LogP contribution < -0.4 is 10.6 Å². The minimum Gasteiger partial charge on any atom is -0.330 e. The summed E-state index contributed by atoms with van der Waals surface area (Å²) in [5, 5.41) is 10.5. The van der Waals surface area contributed by atoms with Gasteiger partial charge in [-0.3, -0.25) is 14.9 Å². The van der Waals surface area contributed by atoms with Gasteiger partial charge in [0, 0.05) is 19.0 Å². The molecular weight excluding hydrogens is 241 g/mol. The number of hydrogen-bond donors (Lipinski definition) is 1. The third-order valence-electron chi connectivity index (χ3n) is 2.97. The minimum atomic E-state index is -0.768. The molecular formula is C11H12FN3O3. The van der Waals surface area contributed by atoms with E-state index in [1.807, 2.05) is 0 Å². The van der Waals surface area contributed by atoms with Crippen LogP contribution in [-0.2, 0) is 4.79 Å². The Hall–Kier alpha value is -2.02. The molecule has 0 saturated carbocycles. The molecule has 0 aliphatic carbocycles. The molecule has 1 aliphatic heterocycles. The summed E-state index contributed by atoms with van der Waals surface area (Å²) in [6.45, 7) is 0.709. The number of nitrogens with zero attached hydrogens (tertiary/aromatic N) is 2. The number of amides is 1. The monoisotopic (exact) mass is 253 g/mol. The summed E-state index contributed by atoms with van der Waals surface area (Å²) in [6.07, 6.45) is 0.285. The molecule has 0 bridgehead atoms. The predicted molar refractivity (Wildman–Crippen MR) is 62.6 cm³/mol. The Labute approximate surface area is 102 Å². The van der Waals surface area contributed by atoms with Crippen molar-refractivity contribution in [1.29, 1.82) is 0 Å². The Balaban J connectivity index is 2.29. The molecule has 1 atom stereocenters. The van der Waals surface area contributed by atoms with Crippen LogP contribution in [0.4, 0.5) is 15.8 Å². The highest BCUT2D eigenvalue weighted by molar-refractivity contribution is 5.96. The number of carbonyl (C=O) groups excluding carboxylic acids is 1. The quantitative estimate of drug-likeness (QED) is 0.644. The van der Waals surface area contributed by atoms with E-state index in [0.29, 0.717) is 13.1 Å². The van der Waals surface area contributed by atoms with E-state index in [2.05, 4.69) is 0 Å². The molecule has 1 unspecified atom stereocenters. The van der Waals surface area contributed by atoms with Crippen molar-refractivity contribution >= 4 is 17.3 Å². The topological polar surface area (TPSA) is 89.5 Å². The fourth-order valence-corrected chi connectivity index (χ4v) is 2.00. The fraction of sp³-hybridized carbons (Fsp3) is 0.364. The maximum atomic E-state index is 13.7. The second-order valence-corrected chi connectivity index (χ2v) is 4.20. The Morgan fingerprint density at radius 1 is 1.56 bits per heavy atom. The van der Waals surface area contributed by atoms with E-state index in [1.54, 1.807) is 0 Å². The largest absolute Gasteiger partial charge is 0.330 e. The van der Waals surface area contributed by atoms with Gasteiger partial charge < -0.3 is 10.6 Å². The zero-order valence-electron chi connectivity index (χ0n) is 9.51. The summed E-state index contributed by atoms with van der Waals surface area (Å²) < 4.78 is 13.7. The van der Waals surface area contributed by atoms with Gasteiger partial charge in [0.1, 0.15) is 0 Å². The predicted octanol–water partition coefficient (Wildman–Crippen LogP) is 1.05. The molecule has 0 radical (unpaired) electrons. The number of halogens is 1. The van der Waals surface area contributed by atoms with Crippen molar-refractivity contribution < 1.29 is 14.1 Å². The molecule has 2 rings (SSSR count). The molecule has 18 heavy (non-hydrogen) atoms. The number of non-ortho nitro benzene ring substituents is 1. The first-order chi connectivity index (χ1) is 8.52. The van der Waals surface area contributed by atoms with Gasteiger partial charge >= 0.3 is 0 Å². The number of rotatable bonds is 3. The summed E-state index contributed by atoms with van der Waals surface area (Å²) >= 11 is 0. The summed E-state index contributed by atoms with van der Waals surface area (Å²) in [5.74, 6) is -0.972. The highest BCUT2D eigenvalue weighted by Gasteiger charge is 2.31. The fourth-order valence-electron chi connectivity index (χ4n) is 2.00. The molecule has 1 aromatic carbocycles. The Morgan fingerprint density at radius 3 is 2.78 bits per heavy atom. The molecule has 0 aromatic heterocycles. The van der Waals surface area contributed by atoms with Crippen LogP contribution in [0.2, 0.25) is 0 Å². The van der Waals surface area contributed by atoms with Crippen LogP contribution >= 0.6 is 0 Å². The van der Waals surface area contributed by atoms with E-state index in [0.717, 1.165) is 6.07 Å². The molecule has 1 amide bonds. The summed E-state index contributed by atoms with van der Waals surface area (Å²) in [6, 6.07) is 3.25. The number of nitro benzene ring substituents is 1. The highest BCUT2D eigenvalue weighted by Crippen LogP contribution is 2.29. The van der Waals surface area contributed by atoms with Crippen molar-refractivity contribution in [3.63, 3.8) is 0 Å². The molecule has 0 spiro atoms. The maximum absolute atomic E-state index is 13.7. The van der Waals surface area contributed by atoms with Crippen molar-refractivity contribution in [2.75, 3.05) is 18.0 Å². The normalized spacial score (nSPS) is 19.3. The van der Waals surface area contributed by atoms with Crippen LogP contribution in [0.15, 0.2) is 18.2 Å². The lowest BCUT2D eigenvalue weighted by Gasteiger charge is -2.16. The number of nitrogens with two attached hydrogens (primary N) is 1. The van der Waals surface area contributed by atoms with E-state index in [1.165, 1.54) is 17.0 Å². The molecule has 96 valence electrons. The molecule has 7 heteroatoms. The van der Waals surface area contributed by atoms with Crippen LogP contribution in [0, 0.1) is 21.8 Å². The van der Waals surface area contributed by atoms with Gasteiger partial charge in [-0.1, -0.05) is 0 Å². The third-order valence-corrected chi connectivity index (χ3v) is 2.97. The Bertz CT molecular complexity index is 506. The third kappa shape index (κ3) is 2.17. The smallest absolute Gasteiger partial charge is 0.272 e. The van der Waals surface area contributed by atoms with Crippen LogP contribution in [-0.4, -0.2) is 23.9 Å². The molecule has 2 N–H and O–H groups in total. The number of nitro groups is 1. The van der Waals surface area contributed by atoms with Gasteiger partial charge in [0.05, 0.1) is 16.7 Å². The number of anilines is 1. The van der Waals surface area contributed by atoms with E-state index in [4.69, 9.17) is 5.73 Å². The van der Waals surface area contributed by atoms with Crippen molar-refractivity contribution in [3.8, 4) is 0 Å². The average molecular weight is 253 g/mol. The zero-order valence-corrected chi connectivity index (χ0v) is 9.51. The lowest BCUT2D eigenvalue weighted by atomic mass is 10.1. The first-order valence-electron chi connectivity index (χ1n) is 5.47. The van der Waals surface area contributed by atoms with Crippen LogP contribution in [0.25, 0.3) is 0 Å². The van der Waals surface area contributed by atoms with Crippen molar-refractivity contribution in [2.45, 2.75) is 6.42 Å². The van der Waals surface area contributed by atoms with Crippen LogP contribution in [0.5, 0.6) is 0 Å². The molecule has 1 saturated heterocycles. The van der Waals surface area contributed by atoms with Gasteiger partial charge in [0.15, 0.2) is 5.82 Å². The first-order valence-corrected chi connectivity index (χ1v) is 5.47. The second-order valence-electron chi connectivity index (χ2n) is 4.20. The lowest BCUT2D eigenvalue weighted by molar-refractivity contribution is -0.385. The molecule has 6 nitrogen and oxygen atoms in total. The SMILES string of the molecule is NCC1CC(=O)N(c2ccc([N+](=O)[O-])cc2F)C1. The number of hydrogen-bond acceptors (Lipinski definition) is 4. The first kappa shape index (κ1) is 12.4. The maximum Gasteiger partial charge on any atom is 0.272 e. The highest BCUT2D eigenvalue weighted by atomic mass is 19.1. The van der Waals surface area contributed by atoms with Gasteiger partial charge in [-0.05, 0) is 18.5 Å². The molecule has 1 heterocycles. The van der Waals surface area contributed by atoms with Crippen molar-refractivity contribution in [3.05, 3.63) is 34.1 Å². The average Bonchev–Trinajstić information content (AvgIpc) is 2.70. The summed E-state index contributed by atoms with van der Waals surface area (Å²) in [5.41, 5.74) is 5.21. The summed E-state index contributed by atoms with van der Waals surface area (Å²) in [7, 11) is 0. The molecule has 1 aromatic rings.